The molecular weight excluding hydrogens is 418 g/mol. The van der Waals surface area contributed by atoms with Gasteiger partial charge in [0, 0.05) is 16.9 Å². The SMILES string of the molecule is O=C(Cc1cnc2ccc(Br)cn12)NC(c1cccc(F)c1)C(F)(F)F. The number of carbonyl (C=O) groups is 1. The van der Waals surface area contributed by atoms with E-state index in [2.05, 4.69) is 20.9 Å². The molecule has 1 N–H and O–H groups in total. The van der Waals surface area contributed by atoms with E-state index < -0.39 is 23.9 Å². The number of nitrogens with zero attached hydrogens (tertiary/aromatic N) is 2. The third-order valence-electron chi connectivity index (χ3n) is 3.70. The van der Waals surface area contributed by atoms with Crippen molar-refractivity contribution in [3.05, 3.63) is 70.3 Å². The molecule has 0 saturated carbocycles. The number of hydrogen-bond donors (Lipinski definition) is 1. The van der Waals surface area contributed by atoms with E-state index >= 15 is 0 Å². The quantitative estimate of drug-likeness (QED) is 0.631. The number of pyridine rings is 1. The lowest BCUT2D eigenvalue weighted by molar-refractivity contribution is -0.163. The Labute approximate surface area is 154 Å². The van der Waals surface area contributed by atoms with E-state index in [1.54, 1.807) is 22.7 Å². The molecule has 1 atom stereocenters. The number of nitrogens with one attached hydrogen (secondary N) is 1. The predicted molar refractivity (Wildman–Crippen MR) is 89.9 cm³/mol. The van der Waals surface area contributed by atoms with Crippen LogP contribution in [0.5, 0.6) is 0 Å². The van der Waals surface area contributed by atoms with Gasteiger partial charge < -0.3 is 9.72 Å². The summed E-state index contributed by atoms with van der Waals surface area (Å²) in [7, 11) is 0. The van der Waals surface area contributed by atoms with Crippen molar-refractivity contribution in [2.75, 3.05) is 0 Å². The van der Waals surface area contributed by atoms with Crippen LogP contribution in [0.2, 0.25) is 0 Å². The van der Waals surface area contributed by atoms with Gasteiger partial charge in [-0.3, -0.25) is 4.79 Å². The monoisotopic (exact) mass is 429 g/mol. The van der Waals surface area contributed by atoms with Crippen molar-refractivity contribution in [1.82, 2.24) is 14.7 Å². The number of rotatable bonds is 4. The Bertz CT molecular complexity index is 955. The Balaban J connectivity index is 1.83. The number of amides is 1. The Kier molecular flexibility index (Phi) is 4.99. The van der Waals surface area contributed by atoms with Gasteiger partial charge in [-0.05, 0) is 45.8 Å². The highest BCUT2D eigenvalue weighted by Crippen LogP contribution is 2.33. The Morgan fingerprint density at radius 1 is 1.27 bits per heavy atom. The van der Waals surface area contributed by atoms with Crippen LogP contribution in [0.15, 0.2) is 53.3 Å². The summed E-state index contributed by atoms with van der Waals surface area (Å²) in [6, 6.07) is 5.24. The van der Waals surface area contributed by atoms with E-state index in [4.69, 9.17) is 0 Å². The first kappa shape index (κ1) is 18.4. The van der Waals surface area contributed by atoms with Gasteiger partial charge in [0.15, 0.2) is 6.04 Å². The molecule has 0 bridgehead atoms. The smallest absolute Gasteiger partial charge is 0.340 e. The fourth-order valence-electron chi connectivity index (χ4n) is 2.55. The molecule has 1 aromatic carbocycles. The second-order valence-electron chi connectivity index (χ2n) is 5.60. The van der Waals surface area contributed by atoms with Crippen LogP contribution in [0, 0.1) is 5.82 Å². The van der Waals surface area contributed by atoms with Crippen molar-refractivity contribution in [2.24, 2.45) is 0 Å². The minimum absolute atomic E-state index is 0.306. The average molecular weight is 430 g/mol. The van der Waals surface area contributed by atoms with E-state index in [-0.39, 0.29) is 12.0 Å². The molecule has 1 unspecified atom stereocenters. The number of hydrogen-bond acceptors (Lipinski definition) is 2. The molecule has 26 heavy (non-hydrogen) atoms. The van der Waals surface area contributed by atoms with Crippen LogP contribution in [-0.4, -0.2) is 21.5 Å². The van der Waals surface area contributed by atoms with E-state index in [9.17, 15) is 22.4 Å². The fourth-order valence-corrected chi connectivity index (χ4v) is 2.89. The molecule has 3 aromatic rings. The van der Waals surface area contributed by atoms with Gasteiger partial charge in [0.2, 0.25) is 5.91 Å². The Hall–Kier alpha value is -2.42. The molecule has 2 heterocycles. The first-order valence-electron chi connectivity index (χ1n) is 7.47. The second-order valence-corrected chi connectivity index (χ2v) is 6.51. The largest absolute Gasteiger partial charge is 0.412 e. The van der Waals surface area contributed by atoms with Crippen molar-refractivity contribution in [1.29, 1.82) is 0 Å². The summed E-state index contributed by atoms with van der Waals surface area (Å²) in [5.41, 5.74) is 0.624. The Morgan fingerprint density at radius 2 is 2.04 bits per heavy atom. The maximum Gasteiger partial charge on any atom is 0.412 e. The van der Waals surface area contributed by atoms with Gasteiger partial charge in [0.25, 0.3) is 0 Å². The summed E-state index contributed by atoms with van der Waals surface area (Å²) in [5.74, 6) is -1.66. The zero-order valence-electron chi connectivity index (χ0n) is 13.1. The molecule has 0 spiro atoms. The number of imidazole rings is 1. The molecule has 0 aliphatic rings. The molecule has 0 saturated heterocycles. The summed E-state index contributed by atoms with van der Waals surface area (Å²) in [6.45, 7) is 0. The molecule has 4 nitrogen and oxygen atoms in total. The van der Waals surface area contributed by atoms with Crippen molar-refractivity contribution in [2.45, 2.75) is 18.6 Å². The van der Waals surface area contributed by atoms with Crippen molar-refractivity contribution in [3.8, 4) is 0 Å². The topological polar surface area (TPSA) is 46.4 Å². The molecule has 1 amide bonds. The lowest BCUT2D eigenvalue weighted by Crippen LogP contribution is -2.39. The normalized spacial score (nSPS) is 13.0. The number of carbonyl (C=O) groups excluding carboxylic acids is 1. The number of fused-ring (bicyclic) bond motifs is 1. The predicted octanol–water partition coefficient (Wildman–Crippen LogP) is 4.20. The summed E-state index contributed by atoms with van der Waals surface area (Å²) in [6.07, 6.45) is -1.98. The highest BCUT2D eigenvalue weighted by molar-refractivity contribution is 9.10. The van der Waals surface area contributed by atoms with Crippen LogP contribution in [0.3, 0.4) is 0 Å². The van der Waals surface area contributed by atoms with Crippen LogP contribution in [0.4, 0.5) is 17.6 Å². The van der Waals surface area contributed by atoms with Gasteiger partial charge in [-0.1, -0.05) is 12.1 Å². The van der Waals surface area contributed by atoms with Crippen molar-refractivity contribution >= 4 is 27.5 Å². The summed E-state index contributed by atoms with van der Waals surface area (Å²) >= 11 is 3.29. The highest BCUT2D eigenvalue weighted by Gasteiger charge is 2.42. The lowest BCUT2D eigenvalue weighted by Gasteiger charge is -2.22. The first-order chi connectivity index (χ1) is 12.2. The van der Waals surface area contributed by atoms with Crippen LogP contribution < -0.4 is 5.32 Å². The zero-order chi connectivity index (χ0) is 18.9. The van der Waals surface area contributed by atoms with Gasteiger partial charge in [0.1, 0.15) is 11.5 Å². The molecule has 0 aliphatic heterocycles. The lowest BCUT2D eigenvalue weighted by atomic mass is 10.1. The number of halogens is 5. The van der Waals surface area contributed by atoms with E-state index in [0.717, 1.165) is 28.7 Å². The van der Waals surface area contributed by atoms with Crippen LogP contribution >= 0.6 is 15.9 Å². The maximum atomic E-state index is 13.3. The van der Waals surface area contributed by atoms with Crippen molar-refractivity contribution in [3.63, 3.8) is 0 Å². The standard InChI is InChI=1S/C17H12BrF4N3O/c18-11-4-5-14-23-8-13(25(14)9-11)7-15(26)24-16(17(20,21)22)10-2-1-3-12(19)6-10/h1-6,8-9,16H,7H2,(H,24,26). The number of alkyl halides is 3. The van der Waals surface area contributed by atoms with E-state index in [1.807, 2.05) is 5.32 Å². The number of aromatic nitrogens is 2. The minimum Gasteiger partial charge on any atom is -0.340 e. The van der Waals surface area contributed by atoms with E-state index in [1.165, 1.54) is 6.20 Å². The van der Waals surface area contributed by atoms with Crippen LogP contribution in [-0.2, 0) is 11.2 Å². The van der Waals surface area contributed by atoms with Gasteiger partial charge in [-0.25, -0.2) is 9.37 Å². The zero-order valence-corrected chi connectivity index (χ0v) is 14.7. The summed E-state index contributed by atoms with van der Waals surface area (Å²) in [4.78, 5) is 16.3. The Morgan fingerprint density at radius 3 is 2.73 bits per heavy atom. The fraction of sp³-hybridized carbons (Fsp3) is 0.176. The van der Waals surface area contributed by atoms with Crippen LogP contribution in [0.1, 0.15) is 17.3 Å². The molecule has 9 heteroatoms. The maximum absolute atomic E-state index is 13.3. The van der Waals surface area contributed by atoms with E-state index in [0.29, 0.717) is 11.3 Å². The summed E-state index contributed by atoms with van der Waals surface area (Å²) in [5, 5.41) is 1.93. The second kappa shape index (κ2) is 7.06. The molecular formula is C17H12BrF4N3O. The van der Waals surface area contributed by atoms with Crippen molar-refractivity contribution < 1.29 is 22.4 Å². The molecule has 2 aromatic heterocycles. The third-order valence-corrected chi connectivity index (χ3v) is 4.17. The van der Waals surface area contributed by atoms with Gasteiger partial charge in [0.05, 0.1) is 12.1 Å². The molecule has 0 fully saturated rings. The molecule has 0 aliphatic carbocycles. The third kappa shape index (κ3) is 4.04. The van der Waals surface area contributed by atoms with Gasteiger partial charge >= 0.3 is 6.18 Å². The number of benzene rings is 1. The highest BCUT2D eigenvalue weighted by atomic mass is 79.9. The minimum atomic E-state index is -4.76. The molecule has 136 valence electrons. The average Bonchev–Trinajstić information content (AvgIpc) is 2.93. The molecule has 3 rings (SSSR count). The summed E-state index contributed by atoms with van der Waals surface area (Å²) < 4.78 is 55.6. The first-order valence-corrected chi connectivity index (χ1v) is 8.26. The molecule has 0 radical (unpaired) electrons. The van der Waals surface area contributed by atoms with Gasteiger partial charge in [-0.15, -0.1) is 0 Å². The van der Waals surface area contributed by atoms with Gasteiger partial charge in [-0.2, -0.15) is 13.2 Å². The van der Waals surface area contributed by atoms with Crippen LogP contribution in [0.25, 0.3) is 5.65 Å².